The number of piperazine rings is 1. The van der Waals surface area contributed by atoms with Gasteiger partial charge in [0.25, 0.3) is 0 Å². The van der Waals surface area contributed by atoms with Crippen LogP contribution in [0.15, 0.2) is 42.5 Å². The zero-order chi connectivity index (χ0) is 18.8. The summed E-state index contributed by atoms with van der Waals surface area (Å²) in [6.07, 6.45) is 0. The highest BCUT2D eigenvalue weighted by molar-refractivity contribution is 5.97. The summed E-state index contributed by atoms with van der Waals surface area (Å²) < 4.78 is 27.8. The highest BCUT2D eigenvalue weighted by atomic mass is 19.1. The first kappa shape index (κ1) is 18.5. The van der Waals surface area contributed by atoms with Crippen LogP contribution in [0.4, 0.5) is 14.5 Å². The second kappa shape index (κ2) is 7.54. The van der Waals surface area contributed by atoms with Crippen molar-refractivity contribution in [2.75, 3.05) is 18.0 Å². The van der Waals surface area contributed by atoms with E-state index < -0.39 is 17.7 Å². The third-order valence-corrected chi connectivity index (χ3v) is 5.08. The molecule has 26 heavy (non-hydrogen) atoms. The quantitative estimate of drug-likeness (QED) is 0.812. The molecule has 3 rings (SSSR count). The van der Waals surface area contributed by atoms with Crippen molar-refractivity contribution in [2.45, 2.75) is 39.3 Å². The Labute approximate surface area is 153 Å². The number of rotatable bonds is 4. The minimum absolute atomic E-state index is 0.0156. The first-order chi connectivity index (χ1) is 12.4. The molecule has 2 aromatic carbocycles. The van der Waals surface area contributed by atoms with Crippen LogP contribution in [0.3, 0.4) is 0 Å². The molecule has 1 heterocycles. The molecule has 5 heteroatoms. The van der Waals surface area contributed by atoms with E-state index in [0.29, 0.717) is 19.0 Å². The standard InChI is InChI=1S/C21H24F2N2O/c1-14(2)16-7-9-17(10-8-16)25-12-11-24(15(3)21(25)26)13-18-19(22)5-4-6-20(18)23/h4-10,14-15H,11-13H2,1-3H3. The van der Waals surface area contributed by atoms with Crippen molar-refractivity contribution in [1.82, 2.24) is 4.90 Å². The number of anilines is 1. The monoisotopic (exact) mass is 358 g/mol. The molecule has 0 aromatic heterocycles. The Hall–Kier alpha value is -2.27. The minimum Gasteiger partial charge on any atom is -0.310 e. The van der Waals surface area contributed by atoms with Gasteiger partial charge in [-0.25, -0.2) is 8.78 Å². The summed E-state index contributed by atoms with van der Waals surface area (Å²) in [4.78, 5) is 16.4. The third-order valence-electron chi connectivity index (χ3n) is 5.08. The Morgan fingerprint density at radius 3 is 2.23 bits per heavy atom. The van der Waals surface area contributed by atoms with E-state index in [1.165, 1.54) is 23.8 Å². The summed E-state index contributed by atoms with van der Waals surface area (Å²) in [5.41, 5.74) is 2.10. The van der Waals surface area contributed by atoms with Crippen molar-refractivity contribution >= 4 is 11.6 Å². The number of amides is 1. The lowest BCUT2D eigenvalue weighted by Gasteiger charge is -2.39. The van der Waals surface area contributed by atoms with Crippen LogP contribution in [-0.4, -0.2) is 29.9 Å². The third kappa shape index (κ3) is 3.63. The number of hydrogen-bond donors (Lipinski definition) is 0. The van der Waals surface area contributed by atoms with Gasteiger partial charge in [0, 0.05) is 30.9 Å². The van der Waals surface area contributed by atoms with Gasteiger partial charge in [-0.3, -0.25) is 9.69 Å². The van der Waals surface area contributed by atoms with Crippen LogP contribution in [0.5, 0.6) is 0 Å². The lowest BCUT2D eigenvalue weighted by atomic mass is 10.0. The topological polar surface area (TPSA) is 23.6 Å². The number of carbonyl (C=O) groups excluding carboxylic acids is 1. The molecule has 138 valence electrons. The first-order valence-corrected chi connectivity index (χ1v) is 8.96. The minimum atomic E-state index is -0.573. The van der Waals surface area contributed by atoms with Crippen LogP contribution in [0.25, 0.3) is 0 Å². The van der Waals surface area contributed by atoms with Gasteiger partial charge in [0.1, 0.15) is 11.6 Å². The SMILES string of the molecule is CC(C)c1ccc(N2CCN(Cc3c(F)cccc3F)C(C)C2=O)cc1. The second-order valence-corrected chi connectivity index (χ2v) is 7.08. The molecule has 1 saturated heterocycles. The second-order valence-electron chi connectivity index (χ2n) is 7.08. The molecule has 1 amide bonds. The van der Waals surface area contributed by atoms with Gasteiger partial charge in [-0.1, -0.05) is 32.0 Å². The van der Waals surface area contributed by atoms with E-state index in [0.717, 1.165) is 5.69 Å². The van der Waals surface area contributed by atoms with Crippen LogP contribution in [0, 0.1) is 11.6 Å². The molecule has 0 aliphatic carbocycles. The van der Waals surface area contributed by atoms with Crippen molar-refractivity contribution in [3.8, 4) is 0 Å². The van der Waals surface area contributed by atoms with E-state index >= 15 is 0 Å². The van der Waals surface area contributed by atoms with Crippen molar-refractivity contribution in [1.29, 1.82) is 0 Å². The zero-order valence-corrected chi connectivity index (χ0v) is 15.4. The fourth-order valence-electron chi connectivity index (χ4n) is 3.31. The summed E-state index contributed by atoms with van der Waals surface area (Å²) in [7, 11) is 0. The van der Waals surface area contributed by atoms with Gasteiger partial charge in [0.15, 0.2) is 0 Å². The molecule has 0 N–H and O–H groups in total. The Balaban J connectivity index is 1.74. The Morgan fingerprint density at radius 1 is 1.04 bits per heavy atom. The molecule has 1 unspecified atom stereocenters. The lowest BCUT2D eigenvalue weighted by molar-refractivity contribution is -0.125. The molecule has 0 saturated carbocycles. The molecule has 0 radical (unpaired) electrons. The average Bonchev–Trinajstić information content (AvgIpc) is 2.62. The van der Waals surface area contributed by atoms with Gasteiger partial charge >= 0.3 is 0 Å². The Bertz CT molecular complexity index is 769. The molecule has 0 spiro atoms. The van der Waals surface area contributed by atoms with E-state index in [2.05, 4.69) is 13.8 Å². The smallest absolute Gasteiger partial charge is 0.244 e. The highest BCUT2D eigenvalue weighted by Crippen LogP contribution is 2.25. The maximum absolute atomic E-state index is 13.9. The predicted molar refractivity (Wildman–Crippen MR) is 99.1 cm³/mol. The molecule has 2 aromatic rings. The van der Waals surface area contributed by atoms with Gasteiger partial charge in [-0.2, -0.15) is 0 Å². The molecular formula is C21H24F2N2O. The largest absolute Gasteiger partial charge is 0.310 e. The van der Waals surface area contributed by atoms with E-state index in [-0.39, 0.29) is 18.0 Å². The first-order valence-electron chi connectivity index (χ1n) is 8.96. The Morgan fingerprint density at radius 2 is 1.65 bits per heavy atom. The average molecular weight is 358 g/mol. The molecule has 1 aliphatic rings. The van der Waals surface area contributed by atoms with Crippen molar-refractivity contribution in [3.05, 3.63) is 65.2 Å². The van der Waals surface area contributed by atoms with Gasteiger partial charge in [-0.05, 0) is 42.7 Å². The van der Waals surface area contributed by atoms with E-state index in [1.54, 1.807) is 11.8 Å². The summed E-state index contributed by atoms with van der Waals surface area (Å²) >= 11 is 0. The lowest BCUT2D eigenvalue weighted by Crippen LogP contribution is -2.55. The maximum atomic E-state index is 13.9. The predicted octanol–water partition coefficient (Wildman–Crippen LogP) is 4.33. The molecule has 1 atom stereocenters. The van der Waals surface area contributed by atoms with Crippen LogP contribution >= 0.6 is 0 Å². The zero-order valence-electron chi connectivity index (χ0n) is 15.4. The fourth-order valence-corrected chi connectivity index (χ4v) is 3.31. The van der Waals surface area contributed by atoms with E-state index in [9.17, 15) is 13.6 Å². The van der Waals surface area contributed by atoms with E-state index in [4.69, 9.17) is 0 Å². The van der Waals surface area contributed by atoms with Gasteiger partial charge in [-0.15, -0.1) is 0 Å². The summed E-state index contributed by atoms with van der Waals surface area (Å²) in [6.45, 7) is 7.19. The summed E-state index contributed by atoms with van der Waals surface area (Å²) in [5, 5.41) is 0. The number of hydrogen-bond acceptors (Lipinski definition) is 2. The molecule has 3 nitrogen and oxygen atoms in total. The Kier molecular flexibility index (Phi) is 5.37. The number of nitrogens with zero attached hydrogens (tertiary/aromatic N) is 2. The number of benzene rings is 2. The fraction of sp³-hybridized carbons (Fsp3) is 0.381. The molecule has 0 bridgehead atoms. The summed E-state index contributed by atoms with van der Waals surface area (Å²) in [5.74, 6) is -0.760. The number of carbonyl (C=O) groups is 1. The van der Waals surface area contributed by atoms with Crippen LogP contribution in [0.1, 0.15) is 37.8 Å². The van der Waals surface area contributed by atoms with Crippen molar-refractivity contribution in [3.63, 3.8) is 0 Å². The summed E-state index contributed by atoms with van der Waals surface area (Å²) in [6, 6.07) is 11.4. The highest BCUT2D eigenvalue weighted by Gasteiger charge is 2.33. The van der Waals surface area contributed by atoms with Gasteiger partial charge in [0.05, 0.1) is 6.04 Å². The molecular weight excluding hydrogens is 334 g/mol. The maximum Gasteiger partial charge on any atom is 0.244 e. The van der Waals surface area contributed by atoms with Gasteiger partial charge in [0.2, 0.25) is 5.91 Å². The van der Waals surface area contributed by atoms with Crippen LogP contribution < -0.4 is 4.90 Å². The van der Waals surface area contributed by atoms with Crippen LogP contribution in [0.2, 0.25) is 0 Å². The number of halogens is 2. The van der Waals surface area contributed by atoms with Crippen molar-refractivity contribution in [2.24, 2.45) is 0 Å². The van der Waals surface area contributed by atoms with Crippen molar-refractivity contribution < 1.29 is 13.6 Å². The van der Waals surface area contributed by atoms with Gasteiger partial charge < -0.3 is 4.90 Å². The molecule has 1 fully saturated rings. The molecule has 1 aliphatic heterocycles. The van der Waals surface area contributed by atoms with Crippen LogP contribution in [-0.2, 0) is 11.3 Å². The van der Waals surface area contributed by atoms with E-state index in [1.807, 2.05) is 29.2 Å². The normalized spacial score (nSPS) is 18.6.